The molecule has 0 spiro atoms. The molecule has 26 heavy (non-hydrogen) atoms. The summed E-state index contributed by atoms with van der Waals surface area (Å²) in [6.07, 6.45) is 5.11. The average Bonchev–Trinajstić information content (AvgIpc) is 2.89. The molecule has 7 nitrogen and oxygen atoms in total. The standard InChI is InChI=1S/C18H24N6OS/c19-15-11-16(20)23-18(22-15)26-12-17(25)21-13-5-7-14(8-6-13)24-9-3-1-2-4-10-24/h5-8,11H,1-4,9-10,12H2,(H,21,25)(H4,19,20,22,23). The highest BCUT2D eigenvalue weighted by Crippen LogP contribution is 2.22. The van der Waals surface area contributed by atoms with Crippen LogP contribution in [0.25, 0.3) is 0 Å². The Morgan fingerprint density at radius 3 is 2.27 bits per heavy atom. The van der Waals surface area contributed by atoms with Crippen LogP contribution < -0.4 is 21.7 Å². The van der Waals surface area contributed by atoms with E-state index in [0.717, 1.165) is 18.8 Å². The number of carbonyl (C=O) groups excluding carboxylic acids is 1. The molecule has 8 heteroatoms. The molecule has 3 rings (SSSR count). The van der Waals surface area contributed by atoms with Gasteiger partial charge in [-0.25, -0.2) is 9.97 Å². The minimum absolute atomic E-state index is 0.123. The molecule has 0 aliphatic carbocycles. The quantitative estimate of drug-likeness (QED) is 0.547. The van der Waals surface area contributed by atoms with Crippen LogP contribution in [0.5, 0.6) is 0 Å². The number of nitrogen functional groups attached to an aromatic ring is 2. The Kier molecular flexibility index (Phi) is 6.17. The van der Waals surface area contributed by atoms with Gasteiger partial charge in [-0.3, -0.25) is 4.79 Å². The molecule has 0 bridgehead atoms. The summed E-state index contributed by atoms with van der Waals surface area (Å²) in [6, 6.07) is 9.50. The zero-order chi connectivity index (χ0) is 18.4. The molecule has 1 aromatic heterocycles. The number of nitrogens with zero attached hydrogens (tertiary/aromatic N) is 3. The van der Waals surface area contributed by atoms with Crippen LogP contribution in [0.4, 0.5) is 23.0 Å². The van der Waals surface area contributed by atoms with Gasteiger partial charge >= 0.3 is 0 Å². The summed E-state index contributed by atoms with van der Waals surface area (Å²) in [5.74, 6) is 0.660. The maximum atomic E-state index is 12.1. The van der Waals surface area contributed by atoms with Gasteiger partial charge in [0.2, 0.25) is 5.91 Å². The third kappa shape index (κ3) is 5.26. The molecule has 1 fully saturated rings. The molecule has 0 unspecified atom stereocenters. The number of nitrogens with one attached hydrogen (secondary N) is 1. The lowest BCUT2D eigenvalue weighted by molar-refractivity contribution is -0.113. The Morgan fingerprint density at radius 2 is 1.65 bits per heavy atom. The number of anilines is 4. The number of benzene rings is 1. The lowest BCUT2D eigenvalue weighted by atomic mass is 10.2. The van der Waals surface area contributed by atoms with Gasteiger partial charge in [0.05, 0.1) is 5.75 Å². The van der Waals surface area contributed by atoms with Crippen molar-refractivity contribution < 1.29 is 4.79 Å². The maximum absolute atomic E-state index is 12.1. The van der Waals surface area contributed by atoms with Gasteiger partial charge in [-0.1, -0.05) is 24.6 Å². The predicted octanol–water partition coefficient (Wildman–Crippen LogP) is 2.75. The van der Waals surface area contributed by atoms with Crippen molar-refractivity contribution in [1.82, 2.24) is 9.97 Å². The van der Waals surface area contributed by atoms with Crippen molar-refractivity contribution in [2.75, 3.05) is 40.5 Å². The van der Waals surface area contributed by atoms with Gasteiger partial charge in [0.15, 0.2) is 5.16 Å². The molecular weight excluding hydrogens is 348 g/mol. The molecule has 0 radical (unpaired) electrons. The van der Waals surface area contributed by atoms with Crippen LogP contribution in [-0.4, -0.2) is 34.7 Å². The molecule has 5 N–H and O–H groups in total. The van der Waals surface area contributed by atoms with Gasteiger partial charge in [-0.2, -0.15) is 0 Å². The number of nitrogens with two attached hydrogens (primary N) is 2. The zero-order valence-electron chi connectivity index (χ0n) is 14.6. The summed E-state index contributed by atoms with van der Waals surface area (Å²) in [6.45, 7) is 2.21. The monoisotopic (exact) mass is 372 g/mol. The van der Waals surface area contributed by atoms with Crippen LogP contribution in [0.2, 0.25) is 0 Å². The van der Waals surface area contributed by atoms with E-state index in [9.17, 15) is 4.79 Å². The van der Waals surface area contributed by atoms with E-state index in [-0.39, 0.29) is 11.7 Å². The Hall–Kier alpha value is -2.48. The minimum Gasteiger partial charge on any atom is -0.383 e. The van der Waals surface area contributed by atoms with Crippen molar-refractivity contribution in [2.45, 2.75) is 30.8 Å². The third-order valence-corrected chi connectivity index (χ3v) is 5.05. The lowest BCUT2D eigenvalue weighted by Gasteiger charge is -2.22. The fraction of sp³-hybridized carbons (Fsp3) is 0.389. The average molecular weight is 372 g/mol. The number of thioether (sulfide) groups is 1. The second-order valence-corrected chi connectivity index (χ2v) is 7.23. The van der Waals surface area contributed by atoms with E-state index in [1.54, 1.807) is 0 Å². The Bertz CT molecular complexity index is 724. The van der Waals surface area contributed by atoms with Crippen LogP contribution in [0, 0.1) is 0 Å². The molecule has 138 valence electrons. The number of amides is 1. The van der Waals surface area contributed by atoms with Crippen LogP contribution in [0.3, 0.4) is 0 Å². The largest absolute Gasteiger partial charge is 0.383 e. The third-order valence-electron chi connectivity index (χ3n) is 4.20. The summed E-state index contributed by atoms with van der Waals surface area (Å²) in [4.78, 5) is 22.6. The first-order chi connectivity index (χ1) is 12.6. The highest BCUT2D eigenvalue weighted by atomic mass is 32.2. The fourth-order valence-corrected chi connectivity index (χ4v) is 3.61. The molecule has 1 aromatic carbocycles. The second-order valence-electron chi connectivity index (χ2n) is 6.29. The number of carbonyl (C=O) groups is 1. The van der Waals surface area contributed by atoms with Gasteiger partial charge in [-0.05, 0) is 37.1 Å². The minimum atomic E-state index is -0.123. The first-order valence-corrected chi connectivity index (χ1v) is 9.76. The number of rotatable bonds is 5. The van der Waals surface area contributed by atoms with E-state index >= 15 is 0 Å². The van der Waals surface area contributed by atoms with Crippen LogP contribution in [0.15, 0.2) is 35.5 Å². The van der Waals surface area contributed by atoms with E-state index < -0.39 is 0 Å². The molecule has 1 aliphatic heterocycles. The summed E-state index contributed by atoms with van der Waals surface area (Å²) in [5, 5.41) is 3.28. The summed E-state index contributed by atoms with van der Waals surface area (Å²) >= 11 is 1.20. The molecule has 1 amide bonds. The summed E-state index contributed by atoms with van der Waals surface area (Å²) in [7, 11) is 0. The van der Waals surface area contributed by atoms with Crippen molar-refractivity contribution in [3.8, 4) is 0 Å². The van der Waals surface area contributed by atoms with Gasteiger partial charge in [0, 0.05) is 30.5 Å². The van der Waals surface area contributed by atoms with Gasteiger partial charge in [0.1, 0.15) is 11.6 Å². The zero-order valence-corrected chi connectivity index (χ0v) is 15.5. The van der Waals surface area contributed by atoms with Crippen LogP contribution in [0.1, 0.15) is 25.7 Å². The van der Waals surface area contributed by atoms with Crippen molar-refractivity contribution in [3.05, 3.63) is 30.3 Å². The van der Waals surface area contributed by atoms with Crippen molar-refractivity contribution >= 4 is 40.7 Å². The second kappa shape index (κ2) is 8.75. The maximum Gasteiger partial charge on any atom is 0.234 e. The summed E-state index contributed by atoms with van der Waals surface area (Å²) in [5.41, 5.74) is 13.2. The normalized spacial score (nSPS) is 14.7. The van der Waals surface area contributed by atoms with Crippen molar-refractivity contribution in [3.63, 3.8) is 0 Å². The fourth-order valence-electron chi connectivity index (χ4n) is 2.94. The SMILES string of the molecule is Nc1cc(N)nc(SCC(=O)Nc2ccc(N3CCCCCC3)cc2)n1. The topological polar surface area (TPSA) is 110 Å². The van der Waals surface area contributed by atoms with Crippen molar-refractivity contribution in [2.24, 2.45) is 0 Å². The van der Waals surface area contributed by atoms with Gasteiger partial charge in [-0.15, -0.1) is 0 Å². The molecule has 2 aromatic rings. The molecule has 0 atom stereocenters. The van der Waals surface area contributed by atoms with Crippen LogP contribution in [-0.2, 0) is 4.79 Å². The Balaban J connectivity index is 1.52. The predicted molar refractivity (Wildman–Crippen MR) is 107 cm³/mol. The molecule has 0 saturated carbocycles. The number of aromatic nitrogens is 2. The molecule has 1 saturated heterocycles. The lowest BCUT2D eigenvalue weighted by Crippen LogP contribution is -2.23. The van der Waals surface area contributed by atoms with Crippen LogP contribution >= 0.6 is 11.8 Å². The van der Waals surface area contributed by atoms with E-state index in [2.05, 4.69) is 32.3 Å². The van der Waals surface area contributed by atoms with E-state index in [1.807, 2.05) is 12.1 Å². The van der Waals surface area contributed by atoms with Crippen molar-refractivity contribution in [1.29, 1.82) is 0 Å². The highest BCUT2D eigenvalue weighted by molar-refractivity contribution is 7.99. The number of hydrogen-bond donors (Lipinski definition) is 3. The smallest absolute Gasteiger partial charge is 0.234 e. The number of hydrogen-bond acceptors (Lipinski definition) is 7. The van der Waals surface area contributed by atoms with E-state index in [4.69, 9.17) is 11.5 Å². The van der Waals surface area contributed by atoms with Gasteiger partial charge in [0.25, 0.3) is 0 Å². The molecule has 2 heterocycles. The molecule has 1 aliphatic rings. The van der Waals surface area contributed by atoms with E-state index in [0.29, 0.717) is 16.8 Å². The highest BCUT2D eigenvalue weighted by Gasteiger charge is 2.11. The van der Waals surface area contributed by atoms with E-state index in [1.165, 1.54) is 49.2 Å². The molecular formula is C18H24N6OS. The Morgan fingerprint density at radius 1 is 1.04 bits per heavy atom. The first kappa shape index (κ1) is 18.3. The first-order valence-electron chi connectivity index (χ1n) is 8.78. The Labute approximate surface area is 157 Å². The van der Waals surface area contributed by atoms with Gasteiger partial charge < -0.3 is 21.7 Å². The summed E-state index contributed by atoms with van der Waals surface area (Å²) < 4.78 is 0.